The van der Waals surface area contributed by atoms with E-state index >= 15 is 0 Å². The van der Waals surface area contributed by atoms with Gasteiger partial charge in [-0.2, -0.15) is 0 Å². The molecular weight excluding hydrogens is 482 g/mol. The maximum absolute atomic E-state index is 11.9. The SMILES string of the molecule is CC(=O)OC[C@H]1O[C@@H](n2cnc3c2NCN(CCCc2ccccc2)C3=N)[C@H](OC(C)=O)[C@@H]1OC(C)=O. The number of nitrogens with zero attached hydrogens (tertiary/aromatic N) is 3. The van der Waals surface area contributed by atoms with Crippen molar-refractivity contribution in [3.8, 4) is 0 Å². The van der Waals surface area contributed by atoms with Crippen molar-refractivity contribution in [2.45, 2.75) is 58.2 Å². The minimum absolute atomic E-state index is 0.198. The van der Waals surface area contributed by atoms with Crippen molar-refractivity contribution in [3.63, 3.8) is 0 Å². The Kier molecular flexibility index (Phi) is 8.07. The van der Waals surface area contributed by atoms with Gasteiger partial charge in [0.2, 0.25) is 0 Å². The Morgan fingerprint density at radius 2 is 1.78 bits per heavy atom. The van der Waals surface area contributed by atoms with Crippen molar-refractivity contribution in [3.05, 3.63) is 47.9 Å². The van der Waals surface area contributed by atoms with Gasteiger partial charge in [0.1, 0.15) is 24.2 Å². The molecule has 0 aliphatic carbocycles. The summed E-state index contributed by atoms with van der Waals surface area (Å²) in [6.07, 6.45) is -0.603. The van der Waals surface area contributed by atoms with E-state index < -0.39 is 42.4 Å². The van der Waals surface area contributed by atoms with Crippen LogP contribution in [0.5, 0.6) is 0 Å². The predicted octanol–water partition coefficient (Wildman–Crippen LogP) is 1.85. The van der Waals surface area contributed by atoms with Crippen molar-refractivity contribution < 1.29 is 33.3 Å². The van der Waals surface area contributed by atoms with Gasteiger partial charge in [0, 0.05) is 27.3 Å². The molecular formula is C25H31N5O7. The van der Waals surface area contributed by atoms with E-state index in [1.807, 2.05) is 23.1 Å². The number of benzene rings is 1. The number of aromatic nitrogens is 2. The maximum Gasteiger partial charge on any atom is 0.303 e. The number of esters is 3. The van der Waals surface area contributed by atoms with Crippen LogP contribution in [0, 0.1) is 5.41 Å². The highest BCUT2D eigenvalue weighted by Crippen LogP contribution is 2.37. The van der Waals surface area contributed by atoms with Gasteiger partial charge in [-0.15, -0.1) is 0 Å². The summed E-state index contributed by atoms with van der Waals surface area (Å²) >= 11 is 0. The first-order valence-electron chi connectivity index (χ1n) is 12.1. The number of hydrogen-bond donors (Lipinski definition) is 2. The van der Waals surface area contributed by atoms with Gasteiger partial charge in [0.05, 0.1) is 13.0 Å². The molecule has 198 valence electrons. The minimum atomic E-state index is -1.03. The molecule has 37 heavy (non-hydrogen) atoms. The summed E-state index contributed by atoms with van der Waals surface area (Å²) in [6, 6.07) is 10.2. The highest BCUT2D eigenvalue weighted by atomic mass is 16.7. The van der Waals surface area contributed by atoms with Crippen LogP contribution < -0.4 is 5.32 Å². The average Bonchev–Trinajstić information content (AvgIpc) is 3.41. The molecule has 2 aliphatic rings. The summed E-state index contributed by atoms with van der Waals surface area (Å²) in [5, 5.41) is 12.0. The lowest BCUT2D eigenvalue weighted by Gasteiger charge is -2.31. The molecule has 1 aromatic carbocycles. The summed E-state index contributed by atoms with van der Waals surface area (Å²) in [7, 11) is 0. The van der Waals surface area contributed by atoms with Gasteiger partial charge < -0.3 is 29.2 Å². The smallest absolute Gasteiger partial charge is 0.303 e. The molecule has 0 amide bonds. The molecule has 0 unspecified atom stereocenters. The van der Waals surface area contributed by atoms with Crippen LogP contribution in [0.15, 0.2) is 36.7 Å². The van der Waals surface area contributed by atoms with Crippen molar-refractivity contribution >= 4 is 29.6 Å². The van der Waals surface area contributed by atoms with E-state index in [0.717, 1.165) is 12.8 Å². The molecule has 0 spiro atoms. The molecule has 1 fully saturated rings. The number of carbonyl (C=O) groups excluding carboxylic acids is 3. The maximum atomic E-state index is 11.9. The summed E-state index contributed by atoms with van der Waals surface area (Å²) in [5.74, 6) is -0.946. The van der Waals surface area contributed by atoms with E-state index in [4.69, 9.17) is 24.4 Å². The molecule has 1 saturated heterocycles. The van der Waals surface area contributed by atoms with Crippen LogP contribution in [0.1, 0.15) is 44.7 Å². The monoisotopic (exact) mass is 513 g/mol. The second-order valence-corrected chi connectivity index (χ2v) is 8.90. The number of ether oxygens (including phenoxy) is 4. The lowest BCUT2D eigenvalue weighted by molar-refractivity contribution is -0.166. The fourth-order valence-corrected chi connectivity index (χ4v) is 4.53. The molecule has 12 nitrogen and oxygen atoms in total. The summed E-state index contributed by atoms with van der Waals surface area (Å²) in [4.78, 5) is 41.4. The zero-order chi connectivity index (χ0) is 26.5. The van der Waals surface area contributed by atoms with E-state index in [1.54, 1.807) is 4.57 Å². The highest BCUT2D eigenvalue weighted by molar-refractivity contribution is 6.00. The number of amidine groups is 1. The first kappa shape index (κ1) is 26.1. The Morgan fingerprint density at radius 3 is 2.46 bits per heavy atom. The minimum Gasteiger partial charge on any atom is -0.463 e. The van der Waals surface area contributed by atoms with Crippen LogP contribution in [-0.4, -0.2) is 76.3 Å². The molecule has 0 bridgehead atoms. The molecule has 2 aliphatic heterocycles. The topological polar surface area (TPSA) is 145 Å². The van der Waals surface area contributed by atoms with E-state index in [1.165, 1.54) is 32.7 Å². The third kappa shape index (κ3) is 6.08. The van der Waals surface area contributed by atoms with Gasteiger partial charge >= 0.3 is 17.9 Å². The zero-order valence-electron chi connectivity index (χ0n) is 21.0. The van der Waals surface area contributed by atoms with E-state index in [9.17, 15) is 14.4 Å². The Morgan fingerprint density at radius 1 is 1.08 bits per heavy atom. The van der Waals surface area contributed by atoms with E-state index in [2.05, 4.69) is 22.4 Å². The number of aryl methyl sites for hydroxylation is 1. The highest BCUT2D eigenvalue weighted by Gasteiger charge is 2.51. The average molecular weight is 514 g/mol. The predicted molar refractivity (Wildman–Crippen MR) is 131 cm³/mol. The molecule has 1 aromatic heterocycles. The molecule has 2 N–H and O–H groups in total. The quantitative estimate of drug-likeness (QED) is 0.376. The number of imidazole rings is 1. The third-order valence-corrected chi connectivity index (χ3v) is 6.12. The summed E-state index contributed by atoms with van der Waals surface area (Å²) in [5.41, 5.74) is 1.66. The zero-order valence-corrected chi connectivity index (χ0v) is 21.0. The Balaban J connectivity index is 1.52. The molecule has 4 rings (SSSR count). The molecule has 2 aromatic rings. The lowest BCUT2D eigenvalue weighted by atomic mass is 10.1. The van der Waals surface area contributed by atoms with Crippen LogP contribution in [0.25, 0.3) is 0 Å². The number of nitrogens with one attached hydrogen (secondary N) is 2. The Bertz CT molecular complexity index is 1150. The van der Waals surface area contributed by atoms with E-state index in [0.29, 0.717) is 24.7 Å². The molecule has 4 atom stereocenters. The van der Waals surface area contributed by atoms with Gasteiger partial charge in [-0.05, 0) is 18.4 Å². The summed E-state index contributed by atoms with van der Waals surface area (Å²) in [6.45, 7) is 4.58. The molecule has 12 heteroatoms. The molecule has 0 saturated carbocycles. The van der Waals surface area contributed by atoms with Crippen LogP contribution >= 0.6 is 0 Å². The van der Waals surface area contributed by atoms with Gasteiger partial charge in [0.25, 0.3) is 0 Å². The molecule has 3 heterocycles. The fourth-order valence-electron chi connectivity index (χ4n) is 4.53. The van der Waals surface area contributed by atoms with Gasteiger partial charge in [-0.25, -0.2) is 4.98 Å². The normalized spacial score (nSPS) is 22.7. The van der Waals surface area contributed by atoms with Crippen LogP contribution in [0.3, 0.4) is 0 Å². The van der Waals surface area contributed by atoms with Crippen LogP contribution in [0.2, 0.25) is 0 Å². The number of hydrogen-bond acceptors (Lipinski definition) is 10. The second kappa shape index (κ2) is 11.4. The fraction of sp³-hybridized carbons (Fsp3) is 0.480. The first-order valence-corrected chi connectivity index (χ1v) is 12.1. The third-order valence-electron chi connectivity index (χ3n) is 6.12. The van der Waals surface area contributed by atoms with Gasteiger partial charge in [-0.3, -0.25) is 24.4 Å². The Hall–Kier alpha value is -3.93. The number of rotatable bonds is 9. The van der Waals surface area contributed by atoms with Crippen LogP contribution in [0.4, 0.5) is 5.82 Å². The van der Waals surface area contributed by atoms with Crippen molar-refractivity contribution in [1.29, 1.82) is 5.41 Å². The van der Waals surface area contributed by atoms with Crippen molar-refractivity contribution in [2.75, 3.05) is 25.1 Å². The second-order valence-electron chi connectivity index (χ2n) is 8.90. The number of anilines is 1. The van der Waals surface area contributed by atoms with Crippen molar-refractivity contribution in [2.24, 2.45) is 0 Å². The first-order chi connectivity index (χ1) is 17.7. The summed E-state index contributed by atoms with van der Waals surface area (Å²) < 4.78 is 23.7. The van der Waals surface area contributed by atoms with Gasteiger partial charge in [-0.1, -0.05) is 30.3 Å². The number of fused-ring (bicyclic) bond motifs is 1. The van der Waals surface area contributed by atoms with Gasteiger partial charge in [0.15, 0.2) is 24.3 Å². The van der Waals surface area contributed by atoms with Crippen LogP contribution in [-0.2, 0) is 39.8 Å². The Labute approximate surface area is 214 Å². The van der Waals surface area contributed by atoms with Crippen molar-refractivity contribution in [1.82, 2.24) is 14.5 Å². The molecule has 0 radical (unpaired) electrons. The largest absolute Gasteiger partial charge is 0.463 e. The van der Waals surface area contributed by atoms with E-state index in [-0.39, 0.29) is 12.4 Å². The number of carbonyl (C=O) groups is 3. The lowest BCUT2D eigenvalue weighted by Crippen LogP contribution is -2.42. The standard InChI is InChI=1S/C25H31N5O7/c1-15(31)34-12-19-21(35-16(2)32)22(36-17(3)33)25(37-19)30-14-27-20-23(26)29(13-28-24(20)30)11-7-10-18-8-5-4-6-9-18/h4-6,8-9,14,19,21-22,25-26,28H,7,10-13H2,1-3H3/t19-,21-,22-,25-/m1/s1.